The number of nitrogens with one attached hydrogen (secondary N) is 1. The summed E-state index contributed by atoms with van der Waals surface area (Å²) >= 11 is 1.95. The average Bonchev–Trinajstić information content (AvgIpc) is 3.23. The number of rotatable bonds is 6. The van der Waals surface area contributed by atoms with Gasteiger partial charge in [-0.3, -0.25) is 9.69 Å². The van der Waals surface area contributed by atoms with E-state index in [9.17, 15) is 9.59 Å². The van der Waals surface area contributed by atoms with Gasteiger partial charge in [0.25, 0.3) is 5.91 Å². The Labute approximate surface area is 156 Å². The molecule has 1 aliphatic heterocycles. The van der Waals surface area contributed by atoms with Crippen LogP contribution >= 0.6 is 11.8 Å². The van der Waals surface area contributed by atoms with E-state index in [1.165, 1.54) is 7.11 Å². The van der Waals surface area contributed by atoms with Crippen LogP contribution in [0.15, 0.2) is 47.3 Å². The fraction of sp³-hybridized carbons (Fsp3) is 0.368. The number of hydrogen-bond donors (Lipinski definition) is 1. The Balaban J connectivity index is 1.64. The molecular formula is C19H22N2O4S. The molecule has 0 radical (unpaired) electrons. The van der Waals surface area contributed by atoms with Gasteiger partial charge >= 0.3 is 5.97 Å². The lowest BCUT2D eigenvalue weighted by Gasteiger charge is -2.34. The van der Waals surface area contributed by atoms with Gasteiger partial charge < -0.3 is 14.5 Å². The number of nitrogens with zero attached hydrogens (tertiary/aromatic N) is 1. The molecule has 0 aliphatic carbocycles. The number of esters is 1. The number of carbonyl (C=O) groups excluding carboxylic acids is 2. The molecule has 1 amide bonds. The van der Waals surface area contributed by atoms with Crippen LogP contribution in [0, 0.1) is 0 Å². The first-order chi connectivity index (χ1) is 12.7. The van der Waals surface area contributed by atoms with E-state index in [0.717, 1.165) is 30.2 Å². The van der Waals surface area contributed by atoms with Crippen molar-refractivity contribution in [2.24, 2.45) is 0 Å². The summed E-state index contributed by atoms with van der Waals surface area (Å²) in [4.78, 5) is 26.3. The van der Waals surface area contributed by atoms with Crippen molar-refractivity contribution in [2.75, 3.05) is 38.2 Å². The second kappa shape index (κ2) is 8.91. The summed E-state index contributed by atoms with van der Waals surface area (Å²) in [5.41, 5.74) is 2.00. The largest absolute Gasteiger partial charge is 0.472 e. The highest BCUT2D eigenvalue weighted by Crippen LogP contribution is 2.24. The second-order valence-electron chi connectivity index (χ2n) is 6.00. The molecule has 7 heteroatoms. The van der Waals surface area contributed by atoms with Crippen LogP contribution in [0.1, 0.15) is 32.3 Å². The number of carbonyl (C=O) groups is 2. The molecule has 0 saturated carbocycles. The molecule has 2 heterocycles. The van der Waals surface area contributed by atoms with Crippen molar-refractivity contribution in [1.82, 2.24) is 10.2 Å². The summed E-state index contributed by atoms with van der Waals surface area (Å²) in [6, 6.07) is 8.49. The van der Waals surface area contributed by atoms with Crippen molar-refractivity contribution in [3.63, 3.8) is 0 Å². The minimum absolute atomic E-state index is 0.0907. The highest BCUT2D eigenvalue weighted by molar-refractivity contribution is 7.99. The molecule has 1 atom stereocenters. The van der Waals surface area contributed by atoms with Gasteiger partial charge in [0.15, 0.2) is 0 Å². The summed E-state index contributed by atoms with van der Waals surface area (Å²) in [6.45, 7) is 2.48. The van der Waals surface area contributed by atoms with Gasteiger partial charge in [0.1, 0.15) is 0 Å². The van der Waals surface area contributed by atoms with Crippen LogP contribution in [0.5, 0.6) is 0 Å². The molecule has 1 aromatic heterocycles. The number of amides is 1. The fourth-order valence-corrected chi connectivity index (χ4v) is 3.91. The zero-order chi connectivity index (χ0) is 18.4. The van der Waals surface area contributed by atoms with Gasteiger partial charge in [-0.15, -0.1) is 0 Å². The molecule has 1 N–H and O–H groups in total. The summed E-state index contributed by atoms with van der Waals surface area (Å²) in [6.07, 6.45) is 3.40. The lowest BCUT2D eigenvalue weighted by atomic mass is 10.1. The predicted molar refractivity (Wildman–Crippen MR) is 100 cm³/mol. The number of ether oxygens (including phenoxy) is 1. The first kappa shape index (κ1) is 18.5. The van der Waals surface area contributed by atoms with Crippen LogP contribution in [0.4, 0.5) is 0 Å². The van der Waals surface area contributed by atoms with Crippen molar-refractivity contribution in [2.45, 2.75) is 6.04 Å². The van der Waals surface area contributed by atoms with Crippen LogP contribution in [0.25, 0.3) is 0 Å². The van der Waals surface area contributed by atoms with Crippen molar-refractivity contribution >= 4 is 23.6 Å². The smallest absolute Gasteiger partial charge is 0.337 e. The third-order valence-electron chi connectivity index (χ3n) is 4.44. The monoisotopic (exact) mass is 374 g/mol. The molecule has 0 unspecified atom stereocenters. The molecule has 3 rings (SSSR count). The van der Waals surface area contributed by atoms with Gasteiger partial charge in [-0.1, -0.05) is 0 Å². The molecule has 26 heavy (non-hydrogen) atoms. The second-order valence-corrected chi connectivity index (χ2v) is 7.22. The lowest BCUT2D eigenvalue weighted by Crippen LogP contribution is -2.41. The third kappa shape index (κ3) is 4.47. The van der Waals surface area contributed by atoms with Crippen LogP contribution in [0.2, 0.25) is 0 Å². The zero-order valence-corrected chi connectivity index (χ0v) is 15.5. The Morgan fingerprint density at radius 1 is 1.19 bits per heavy atom. The van der Waals surface area contributed by atoms with Crippen LogP contribution in [-0.4, -0.2) is 55.0 Å². The molecule has 138 valence electrons. The van der Waals surface area contributed by atoms with E-state index >= 15 is 0 Å². The number of benzene rings is 1. The Hall–Kier alpha value is -2.25. The fourth-order valence-electron chi connectivity index (χ4n) is 2.98. The van der Waals surface area contributed by atoms with Gasteiger partial charge in [-0.2, -0.15) is 11.8 Å². The molecular weight excluding hydrogens is 352 g/mol. The average molecular weight is 374 g/mol. The van der Waals surface area contributed by atoms with Gasteiger partial charge in [0.2, 0.25) is 0 Å². The maximum atomic E-state index is 12.5. The van der Waals surface area contributed by atoms with E-state index in [0.29, 0.717) is 17.7 Å². The molecule has 6 nitrogen and oxygen atoms in total. The highest BCUT2D eigenvalue weighted by atomic mass is 32.2. The van der Waals surface area contributed by atoms with Crippen molar-refractivity contribution in [1.29, 1.82) is 0 Å². The topological polar surface area (TPSA) is 71.8 Å². The lowest BCUT2D eigenvalue weighted by molar-refractivity contribution is 0.0600. The summed E-state index contributed by atoms with van der Waals surface area (Å²) in [7, 11) is 1.33. The summed E-state index contributed by atoms with van der Waals surface area (Å²) < 4.78 is 9.90. The van der Waals surface area contributed by atoms with Crippen LogP contribution < -0.4 is 5.32 Å². The van der Waals surface area contributed by atoms with Crippen LogP contribution in [-0.2, 0) is 4.74 Å². The van der Waals surface area contributed by atoms with E-state index in [2.05, 4.69) is 15.0 Å². The van der Waals surface area contributed by atoms with E-state index in [1.54, 1.807) is 36.8 Å². The number of hydrogen-bond acceptors (Lipinski definition) is 6. The Morgan fingerprint density at radius 2 is 1.88 bits per heavy atom. The Morgan fingerprint density at radius 3 is 2.50 bits per heavy atom. The number of thioether (sulfide) groups is 1. The highest BCUT2D eigenvalue weighted by Gasteiger charge is 2.24. The number of furan rings is 1. The predicted octanol–water partition coefficient (Wildman–Crippen LogP) is 2.59. The minimum atomic E-state index is -0.417. The molecule has 1 aromatic carbocycles. The van der Waals surface area contributed by atoms with Crippen molar-refractivity contribution < 1.29 is 18.7 Å². The zero-order valence-electron chi connectivity index (χ0n) is 14.6. The van der Waals surface area contributed by atoms with Gasteiger partial charge in [0, 0.05) is 42.3 Å². The quantitative estimate of drug-likeness (QED) is 0.784. The molecule has 1 aliphatic rings. The Bertz CT molecular complexity index is 725. The molecule has 1 fully saturated rings. The Kier molecular flexibility index (Phi) is 6.35. The number of methoxy groups -OCH3 is 1. The van der Waals surface area contributed by atoms with E-state index in [4.69, 9.17) is 4.42 Å². The van der Waals surface area contributed by atoms with E-state index < -0.39 is 5.97 Å². The molecule has 0 bridgehead atoms. The van der Waals surface area contributed by atoms with Gasteiger partial charge in [-0.05, 0) is 30.3 Å². The summed E-state index contributed by atoms with van der Waals surface area (Å²) in [5.74, 6) is 1.61. The first-order valence-corrected chi connectivity index (χ1v) is 9.65. The van der Waals surface area contributed by atoms with E-state index in [1.807, 2.05) is 17.8 Å². The normalized spacial score (nSPS) is 16.0. The van der Waals surface area contributed by atoms with Gasteiger partial charge in [-0.25, -0.2) is 4.79 Å². The maximum absolute atomic E-state index is 12.5. The van der Waals surface area contributed by atoms with Gasteiger partial charge in [0.05, 0.1) is 31.2 Å². The van der Waals surface area contributed by atoms with E-state index in [-0.39, 0.29) is 11.9 Å². The molecule has 0 spiro atoms. The third-order valence-corrected chi connectivity index (χ3v) is 5.38. The van der Waals surface area contributed by atoms with Crippen molar-refractivity contribution in [3.05, 3.63) is 59.5 Å². The van der Waals surface area contributed by atoms with Crippen molar-refractivity contribution in [3.8, 4) is 0 Å². The minimum Gasteiger partial charge on any atom is -0.472 e. The summed E-state index contributed by atoms with van der Waals surface area (Å²) in [5, 5.41) is 3.00. The SMILES string of the molecule is COC(=O)c1ccc(C(=O)NC[C@@H](c2ccoc2)N2CCSCC2)cc1. The maximum Gasteiger partial charge on any atom is 0.337 e. The standard InChI is InChI=1S/C19H22N2O4S/c1-24-19(23)15-4-2-14(3-5-15)18(22)20-12-17(16-6-9-25-13-16)21-7-10-26-11-8-21/h2-6,9,13,17H,7-8,10-12H2,1H3,(H,20,22)/t17-/m0/s1. The van der Waals surface area contributed by atoms with Crippen LogP contribution in [0.3, 0.4) is 0 Å². The molecule has 1 saturated heterocycles. The molecule has 2 aromatic rings. The first-order valence-electron chi connectivity index (χ1n) is 8.49.